The van der Waals surface area contributed by atoms with Crippen LogP contribution in [0, 0.1) is 0 Å². The van der Waals surface area contributed by atoms with Crippen molar-refractivity contribution >= 4 is 28.8 Å². The van der Waals surface area contributed by atoms with E-state index in [1.165, 1.54) is 6.92 Å². The van der Waals surface area contributed by atoms with Crippen molar-refractivity contribution in [3.63, 3.8) is 0 Å². The molecular weight excluding hydrogens is 370 g/mol. The number of nitrogens with one attached hydrogen (secondary N) is 1. The van der Waals surface area contributed by atoms with Gasteiger partial charge >= 0.3 is 0 Å². The third-order valence-corrected chi connectivity index (χ3v) is 5.70. The van der Waals surface area contributed by atoms with E-state index in [4.69, 9.17) is 0 Å². The monoisotopic (exact) mass is 391 g/mol. The number of piperazine rings is 1. The molecule has 29 heavy (non-hydrogen) atoms. The van der Waals surface area contributed by atoms with Gasteiger partial charge in [-0.05, 0) is 37.6 Å². The zero-order valence-corrected chi connectivity index (χ0v) is 16.0. The summed E-state index contributed by atoms with van der Waals surface area (Å²) in [5.41, 5.74) is 1.97. The lowest BCUT2D eigenvalue weighted by atomic mass is 9.87. The first-order chi connectivity index (χ1) is 14.1. The minimum atomic E-state index is -0.0575. The molecule has 2 aromatic heterocycles. The number of aromatic nitrogens is 4. The maximum atomic E-state index is 12.5. The van der Waals surface area contributed by atoms with Crippen molar-refractivity contribution in [2.75, 3.05) is 29.9 Å². The topological polar surface area (TPSA) is 95.7 Å². The molecule has 148 valence electrons. The van der Waals surface area contributed by atoms with Gasteiger partial charge in [-0.3, -0.25) is 14.5 Å². The number of hydrogen-bond donors (Lipinski definition) is 1. The van der Waals surface area contributed by atoms with Crippen LogP contribution < -0.4 is 10.2 Å². The Morgan fingerprint density at radius 3 is 2.79 bits per heavy atom. The molecule has 2 atom stereocenters. The van der Waals surface area contributed by atoms with Crippen molar-refractivity contribution in [1.82, 2.24) is 24.7 Å². The Kier molecular flexibility index (Phi) is 4.24. The number of hydrogen-bond acceptors (Lipinski definition) is 7. The third-order valence-electron chi connectivity index (χ3n) is 5.70. The lowest BCUT2D eigenvalue weighted by Gasteiger charge is -2.56. The molecule has 3 saturated heterocycles. The van der Waals surface area contributed by atoms with Crippen LogP contribution in [0.5, 0.6) is 0 Å². The average molecular weight is 391 g/mol. The third kappa shape index (κ3) is 3.33. The highest BCUT2D eigenvalue weighted by Crippen LogP contribution is 2.33. The van der Waals surface area contributed by atoms with Gasteiger partial charge in [0.1, 0.15) is 12.1 Å². The van der Waals surface area contributed by atoms with E-state index < -0.39 is 0 Å². The molecule has 1 N–H and O–H groups in total. The zero-order valence-electron chi connectivity index (χ0n) is 16.0. The molecule has 5 heterocycles. The summed E-state index contributed by atoms with van der Waals surface area (Å²) in [5, 5.41) is 15.3. The van der Waals surface area contributed by atoms with E-state index in [1.54, 1.807) is 35.1 Å². The summed E-state index contributed by atoms with van der Waals surface area (Å²) in [4.78, 5) is 28.5. The van der Waals surface area contributed by atoms with Gasteiger partial charge in [-0.1, -0.05) is 12.1 Å². The van der Waals surface area contributed by atoms with E-state index in [9.17, 15) is 9.59 Å². The Morgan fingerprint density at radius 2 is 2.00 bits per heavy atom. The SMILES string of the molecule is CC(=O)c1cccc(NC(=O)CN2C3CC2CN(c2ccc4nncn4n2)C3)c1. The molecule has 9 nitrogen and oxygen atoms in total. The molecule has 3 aliphatic heterocycles. The first-order valence-corrected chi connectivity index (χ1v) is 9.65. The molecule has 6 rings (SSSR count). The number of nitrogens with zero attached hydrogens (tertiary/aromatic N) is 6. The summed E-state index contributed by atoms with van der Waals surface area (Å²) >= 11 is 0. The Bertz CT molecular complexity index is 1080. The standard InChI is InChI=1S/C20H21N7O2/c1-13(28)14-3-2-4-15(7-14)22-20(29)11-26-16-8-17(26)10-25(9-16)19-6-5-18-23-21-12-27(18)24-19/h2-7,12,16-17H,8-11H2,1H3,(H,22,29). The molecule has 3 aromatic rings. The molecule has 9 heteroatoms. The number of ketones is 1. The number of amides is 1. The van der Waals surface area contributed by atoms with Crippen molar-refractivity contribution in [3.05, 3.63) is 48.3 Å². The smallest absolute Gasteiger partial charge is 0.238 e. The molecule has 1 amide bonds. The second kappa shape index (κ2) is 6.93. The van der Waals surface area contributed by atoms with Gasteiger partial charge in [0, 0.05) is 36.4 Å². The van der Waals surface area contributed by atoms with E-state index in [-0.39, 0.29) is 11.7 Å². The number of carbonyl (C=O) groups excluding carboxylic acids is 2. The molecule has 1 aromatic carbocycles. The van der Waals surface area contributed by atoms with E-state index in [0.29, 0.717) is 29.9 Å². The van der Waals surface area contributed by atoms with E-state index in [1.807, 2.05) is 12.1 Å². The summed E-state index contributed by atoms with van der Waals surface area (Å²) < 4.78 is 1.68. The van der Waals surface area contributed by atoms with Gasteiger partial charge < -0.3 is 10.2 Å². The van der Waals surface area contributed by atoms with Gasteiger partial charge in [0.05, 0.1) is 6.54 Å². The van der Waals surface area contributed by atoms with Gasteiger partial charge in [0.25, 0.3) is 0 Å². The van der Waals surface area contributed by atoms with Crippen LogP contribution in [0.1, 0.15) is 23.7 Å². The van der Waals surface area contributed by atoms with Crippen molar-refractivity contribution in [2.24, 2.45) is 0 Å². The van der Waals surface area contributed by atoms with Crippen molar-refractivity contribution < 1.29 is 9.59 Å². The predicted molar refractivity (Wildman–Crippen MR) is 107 cm³/mol. The number of Topliss-reactive ketones (excluding diaryl/α,β-unsaturated/α-hetero) is 1. The first kappa shape index (κ1) is 17.7. The fraction of sp³-hybridized carbons (Fsp3) is 0.350. The number of benzene rings is 1. The Hall–Kier alpha value is -3.33. The summed E-state index contributed by atoms with van der Waals surface area (Å²) in [6.45, 7) is 3.55. The van der Waals surface area contributed by atoms with E-state index in [0.717, 1.165) is 31.0 Å². The zero-order chi connectivity index (χ0) is 20.0. The quantitative estimate of drug-likeness (QED) is 0.654. The van der Waals surface area contributed by atoms with Gasteiger partial charge in [-0.15, -0.1) is 15.3 Å². The lowest BCUT2D eigenvalue weighted by molar-refractivity contribution is -0.121. The Balaban J connectivity index is 1.21. The van der Waals surface area contributed by atoms with Crippen LogP contribution >= 0.6 is 0 Å². The largest absolute Gasteiger partial charge is 0.352 e. The molecule has 0 radical (unpaired) electrons. The van der Waals surface area contributed by atoms with Crippen molar-refractivity contribution in [2.45, 2.75) is 25.4 Å². The Labute approximate surface area is 167 Å². The highest BCUT2D eigenvalue weighted by molar-refractivity contribution is 5.97. The summed E-state index contributed by atoms with van der Waals surface area (Å²) in [6, 6.07) is 11.6. The number of fused-ring (bicyclic) bond motifs is 3. The molecule has 3 aliphatic rings. The molecule has 0 spiro atoms. The molecule has 2 bridgehead atoms. The van der Waals surface area contributed by atoms with Gasteiger partial charge in [0.2, 0.25) is 5.91 Å². The second-order valence-corrected chi connectivity index (χ2v) is 7.63. The maximum Gasteiger partial charge on any atom is 0.238 e. The van der Waals surface area contributed by atoms with Crippen molar-refractivity contribution in [1.29, 1.82) is 0 Å². The fourth-order valence-electron chi connectivity index (χ4n) is 4.20. The average Bonchev–Trinajstić information content (AvgIpc) is 3.20. The lowest BCUT2D eigenvalue weighted by Crippen LogP contribution is -2.69. The number of rotatable bonds is 5. The Morgan fingerprint density at radius 1 is 1.17 bits per heavy atom. The number of anilines is 2. The minimum absolute atomic E-state index is 0.0169. The van der Waals surface area contributed by atoms with Crippen LogP contribution in [0.2, 0.25) is 0 Å². The van der Waals surface area contributed by atoms with Crippen LogP contribution in [0.25, 0.3) is 5.65 Å². The predicted octanol–water partition coefficient (Wildman–Crippen LogP) is 1.23. The number of carbonyl (C=O) groups is 2. The van der Waals surface area contributed by atoms with Crippen LogP contribution in [-0.4, -0.2) is 68.1 Å². The molecule has 0 aliphatic carbocycles. The molecule has 3 fully saturated rings. The first-order valence-electron chi connectivity index (χ1n) is 9.65. The summed E-state index contributed by atoms with van der Waals surface area (Å²) in [5.74, 6) is 0.826. The van der Waals surface area contributed by atoms with Gasteiger partial charge in [-0.25, -0.2) is 0 Å². The van der Waals surface area contributed by atoms with Crippen LogP contribution in [0.3, 0.4) is 0 Å². The molecule has 0 saturated carbocycles. The molecule has 2 unspecified atom stereocenters. The minimum Gasteiger partial charge on any atom is -0.352 e. The summed E-state index contributed by atoms with van der Waals surface area (Å²) in [6.07, 6.45) is 2.69. The van der Waals surface area contributed by atoms with Crippen LogP contribution in [0.15, 0.2) is 42.7 Å². The van der Waals surface area contributed by atoms with Gasteiger partial charge in [0.15, 0.2) is 11.4 Å². The second-order valence-electron chi connectivity index (χ2n) is 7.63. The van der Waals surface area contributed by atoms with E-state index in [2.05, 4.69) is 30.4 Å². The van der Waals surface area contributed by atoms with Crippen molar-refractivity contribution in [3.8, 4) is 0 Å². The molecular formula is C20H21N7O2. The normalized spacial score (nSPS) is 21.1. The van der Waals surface area contributed by atoms with Crippen LogP contribution in [0.4, 0.5) is 11.5 Å². The highest BCUT2D eigenvalue weighted by Gasteiger charge is 2.45. The highest BCUT2D eigenvalue weighted by atomic mass is 16.2. The van der Waals surface area contributed by atoms with Gasteiger partial charge in [-0.2, -0.15) is 4.52 Å². The maximum absolute atomic E-state index is 12.5. The van der Waals surface area contributed by atoms with E-state index >= 15 is 0 Å². The number of piperidine rings is 1. The summed E-state index contributed by atoms with van der Waals surface area (Å²) in [7, 11) is 0. The van der Waals surface area contributed by atoms with Crippen LogP contribution in [-0.2, 0) is 4.79 Å². The fourth-order valence-corrected chi connectivity index (χ4v) is 4.20.